The van der Waals surface area contributed by atoms with Crippen LogP contribution >= 0.6 is 27.3 Å². The van der Waals surface area contributed by atoms with Crippen LogP contribution in [0.25, 0.3) is 0 Å². The zero-order valence-corrected chi connectivity index (χ0v) is 17.0. The van der Waals surface area contributed by atoms with E-state index in [1.807, 2.05) is 19.1 Å². The number of nitrogens with zero attached hydrogens (tertiary/aromatic N) is 1. The second-order valence-electron chi connectivity index (χ2n) is 6.02. The molecule has 1 saturated heterocycles. The van der Waals surface area contributed by atoms with E-state index in [-0.39, 0.29) is 9.77 Å². The molecule has 25 heavy (non-hydrogen) atoms. The van der Waals surface area contributed by atoms with Crippen molar-refractivity contribution >= 4 is 48.9 Å². The van der Waals surface area contributed by atoms with E-state index in [2.05, 4.69) is 21.2 Å². The summed E-state index contributed by atoms with van der Waals surface area (Å²) in [5.74, 6) is -0.407. The van der Waals surface area contributed by atoms with Gasteiger partial charge in [-0.25, -0.2) is 8.42 Å². The van der Waals surface area contributed by atoms with Gasteiger partial charge < -0.3 is 5.32 Å². The van der Waals surface area contributed by atoms with E-state index in [0.717, 1.165) is 40.6 Å². The Balaban J connectivity index is 1.86. The normalized spacial score (nSPS) is 15.9. The number of carbonyl (C=O) groups excluding carboxylic acids is 1. The van der Waals surface area contributed by atoms with Crippen LogP contribution in [0.5, 0.6) is 0 Å². The molecule has 2 aromatic rings. The van der Waals surface area contributed by atoms with E-state index in [9.17, 15) is 13.2 Å². The second-order valence-corrected chi connectivity index (χ2v) is 9.69. The van der Waals surface area contributed by atoms with Gasteiger partial charge in [-0.05, 0) is 64.8 Å². The van der Waals surface area contributed by atoms with E-state index >= 15 is 0 Å². The minimum Gasteiger partial charge on any atom is -0.320 e. The van der Waals surface area contributed by atoms with Gasteiger partial charge >= 0.3 is 0 Å². The molecular weight excluding hydrogens is 424 g/mol. The van der Waals surface area contributed by atoms with Crippen molar-refractivity contribution in [3.63, 3.8) is 0 Å². The molecule has 0 bridgehead atoms. The van der Waals surface area contributed by atoms with Crippen LogP contribution in [0.4, 0.5) is 5.69 Å². The lowest BCUT2D eigenvalue weighted by Gasteiger charge is -2.25. The van der Waals surface area contributed by atoms with Crippen LogP contribution in [-0.2, 0) is 10.0 Å². The zero-order chi connectivity index (χ0) is 18.0. The average Bonchev–Trinajstić information content (AvgIpc) is 3.09. The number of thiophene rings is 1. The van der Waals surface area contributed by atoms with E-state index in [1.54, 1.807) is 11.4 Å². The van der Waals surface area contributed by atoms with Crippen LogP contribution in [0.1, 0.15) is 34.5 Å². The Labute approximate surface area is 160 Å². The first-order chi connectivity index (χ1) is 11.9. The summed E-state index contributed by atoms with van der Waals surface area (Å²) >= 11 is 4.57. The summed E-state index contributed by atoms with van der Waals surface area (Å²) in [6.07, 6.45) is 2.77. The Bertz CT molecular complexity index is 887. The van der Waals surface area contributed by atoms with Gasteiger partial charge in [-0.2, -0.15) is 4.31 Å². The number of nitrogens with one attached hydrogen (secondary N) is 1. The maximum absolute atomic E-state index is 12.9. The third-order valence-corrected chi connectivity index (χ3v) is 7.78. The highest BCUT2D eigenvalue weighted by Crippen LogP contribution is 2.29. The molecule has 0 radical (unpaired) electrons. The summed E-state index contributed by atoms with van der Waals surface area (Å²) < 4.78 is 28.0. The molecule has 0 unspecified atom stereocenters. The number of hydrogen-bond donors (Lipinski definition) is 1. The van der Waals surface area contributed by atoms with Crippen LogP contribution in [0, 0.1) is 6.92 Å². The van der Waals surface area contributed by atoms with Crippen LogP contribution in [-0.4, -0.2) is 31.7 Å². The van der Waals surface area contributed by atoms with E-state index in [0.29, 0.717) is 18.8 Å². The standard InChI is InChI=1S/C17H19BrN2O3S2/c1-12-5-6-14(13(18)11-12)19-17(21)16-15(7-10-24-16)25(22,23)20-8-3-2-4-9-20/h5-7,10-11H,2-4,8-9H2,1H3,(H,19,21). The Kier molecular flexibility index (Phi) is 5.62. The lowest BCUT2D eigenvalue weighted by molar-refractivity contribution is 0.102. The summed E-state index contributed by atoms with van der Waals surface area (Å²) in [5.41, 5.74) is 1.68. The molecule has 0 spiro atoms. The maximum atomic E-state index is 12.9. The van der Waals surface area contributed by atoms with Crippen molar-refractivity contribution in [3.8, 4) is 0 Å². The molecule has 8 heteroatoms. The van der Waals surface area contributed by atoms with Gasteiger partial charge in [-0.15, -0.1) is 11.3 Å². The number of rotatable bonds is 4. The second kappa shape index (κ2) is 7.57. The molecule has 1 amide bonds. The van der Waals surface area contributed by atoms with E-state index < -0.39 is 15.9 Å². The third-order valence-electron chi connectivity index (χ3n) is 4.14. The van der Waals surface area contributed by atoms with Gasteiger partial charge in [0.1, 0.15) is 9.77 Å². The molecule has 1 aromatic carbocycles. The number of piperidine rings is 1. The minimum absolute atomic E-state index is 0.0973. The molecule has 3 rings (SSSR count). The lowest BCUT2D eigenvalue weighted by Crippen LogP contribution is -2.36. The Hall–Kier alpha value is -1.22. The largest absolute Gasteiger partial charge is 0.320 e. The van der Waals surface area contributed by atoms with Gasteiger partial charge in [0.2, 0.25) is 10.0 Å². The summed E-state index contributed by atoms with van der Waals surface area (Å²) in [4.78, 5) is 13.0. The van der Waals surface area contributed by atoms with Crippen LogP contribution < -0.4 is 5.32 Å². The molecule has 1 aliphatic rings. The minimum atomic E-state index is -3.63. The molecular formula is C17H19BrN2O3S2. The number of carbonyl (C=O) groups is 1. The molecule has 134 valence electrons. The predicted molar refractivity (Wildman–Crippen MR) is 104 cm³/mol. The number of hydrogen-bond acceptors (Lipinski definition) is 4. The van der Waals surface area contributed by atoms with Gasteiger partial charge in [0.25, 0.3) is 5.91 Å². The van der Waals surface area contributed by atoms with Gasteiger partial charge in [0, 0.05) is 17.6 Å². The number of sulfonamides is 1. The topological polar surface area (TPSA) is 66.5 Å². The summed E-state index contributed by atoms with van der Waals surface area (Å²) in [7, 11) is -3.63. The van der Waals surface area contributed by atoms with Crippen molar-refractivity contribution in [2.45, 2.75) is 31.1 Å². The summed E-state index contributed by atoms with van der Waals surface area (Å²) in [6.45, 7) is 2.99. The molecule has 0 saturated carbocycles. The van der Waals surface area contributed by atoms with Crippen LogP contribution in [0.15, 0.2) is 39.0 Å². The first kappa shape index (κ1) is 18.6. The lowest BCUT2D eigenvalue weighted by atomic mass is 10.2. The number of halogens is 1. The molecule has 0 aliphatic carbocycles. The monoisotopic (exact) mass is 442 g/mol. The summed E-state index contributed by atoms with van der Waals surface area (Å²) in [5, 5.41) is 4.45. The molecule has 1 N–H and O–H groups in total. The first-order valence-corrected chi connectivity index (χ1v) is 11.2. The Morgan fingerprint density at radius 3 is 2.60 bits per heavy atom. The van der Waals surface area contributed by atoms with Crippen LogP contribution in [0.3, 0.4) is 0 Å². The molecule has 2 heterocycles. The van der Waals surface area contributed by atoms with E-state index in [1.165, 1.54) is 10.4 Å². The summed E-state index contributed by atoms with van der Waals surface area (Å²) in [6, 6.07) is 7.10. The molecule has 1 aliphatic heterocycles. The van der Waals surface area contributed by atoms with Gasteiger partial charge in [0.15, 0.2) is 0 Å². The fraction of sp³-hybridized carbons (Fsp3) is 0.353. The van der Waals surface area contributed by atoms with Gasteiger partial charge in [-0.3, -0.25) is 4.79 Å². The van der Waals surface area contributed by atoms with Crippen molar-refractivity contribution in [1.29, 1.82) is 0 Å². The maximum Gasteiger partial charge on any atom is 0.267 e. The van der Waals surface area contributed by atoms with Gasteiger partial charge in [-0.1, -0.05) is 12.5 Å². The molecule has 1 fully saturated rings. The number of anilines is 1. The highest BCUT2D eigenvalue weighted by atomic mass is 79.9. The Morgan fingerprint density at radius 1 is 1.20 bits per heavy atom. The smallest absolute Gasteiger partial charge is 0.267 e. The Morgan fingerprint density at radius 2 is 1.92 bits per heavy atom. The first-order valence-electron chi connectivity index (χ1n) is 8.05. The highest BCUT2D eigenvalue weighted by Gasteiger charge is 2.31. The van der Waals surface area contributed by atoms with Crippen molar-refractivity contribution < 1.29 is 13.2 Å². The predicted octanol–water partition coefficient (Wildman–Crippen LogP) is 4.25. The van der Waals surface area contributed by atoms with Crippen molar-refractivity contribution in [2.75, 3.05) is 18.4 Å². The van der Waals surface area contributed by atoms with Crippen LogP contribution in [0.2, 0.25) is 0 Å². The molecule has 0 atom stereocenters. The highest BCUT2D eigenvalue weighted by molar-refractivity contribution is 9.10. The zero-order valence-electron chi connectivity index (χ0n) is 13.8. The SMILES string of the molecule is Cc1ccc(NC(=O)c2sccc2S(=O)(=O)N2CCCCC2)c(Br)c1. The fourth-order valence-corrected chi connectivity index (χ4v) is 6.22. The quantitative estimate of drug-likeness (QED) is 0.769. The molecule has 1 aromatic heterocycles. The third kappa shape index (κ3) is 3.97. The van der Waals surface area contributed by atoms with Crippen molar-refractivity contribution in [3.05, 3.63) is 44.6 Å². The van der Waals surface area contributed by atoms with E-state index in [4.69, 9.17) is 0 Å². The number of aryl methyl sites for hydroxylation is 1. The van der Waals surface area contributed by atoms with Crippen molar-refractivity contribution in [1.82, 2.24) is 4.31 Å². The molecule has 5 nitrogen and oxygen atoms in total. The van der Waals surface area contributed by atoms with Gasteiger partial charge in [0.05, 0.1) is 5.69 Å². The average molecular weight is 443 g/mol. The number of amides is 1. The van der Waals surface area contributed by atoms with Crippen molar-refractivity contribution in [2.24, 2.45) is 0 Å². The fourth-order valence-electron chi connectivity index (χ4n) is 2.81. The number of benzene rings is 1.